The van der Waals surface area contributed by atoms with Crippen LogP contribution in [0, 0.1) is 0 Å². The van der Waals surface area contributed by atoms with Crippen LogP contribution in [-0.2, 0) is 23.7 Å². The van der Waals surface area contributed by atoms with Crippen molar-refractivity contribution in [2.75, 3.05) is 13.2 Å². The molecule has 0 saturated heterocycles. The first-order valence-electron chi connectivity index (χ1n) is 12.1. The van der Waals surface area contributed by atoms with Crippen LogP contribution in [0.5, 0.6) is 11.5 Å². The van der Waals surface area contributed by atoms with E-state index in [0.717, 1.165) is 22.4 Å². The van der Waals surface area contributed by atoms with Gasteiger partial charge < -0.3 is 24.6 Å². The van der Waals surface area contributed by atoms with E-state index in [9.17, 15) is 13.9 Å². The second-order valence-electron chi connectivity index (χ2n) is 9.69. The number of aliphatic hydroxyl groups excluding tert-OH is 1. The third-order valence-corrected chi connectivity index (χ3v) is 6.14. The van der Waals surface area contributed by atoms with Gasteiger partial charge in [0.25, 0.3) is 0 Å². The molecule has 3 aromatic carbocycles. The smallest absolute Gasteiger partial charge is 0.306 e. The van der Waals surface area contributed by atoms with E-state index in [1.165, 1.54) is 12.1 Å². The fourth-order valence-electron chi connectivity index (χ4n) is 4.08. The second-order valence-corrected chi connectivity index (χ2v) is 9.69. The number of ether oxygens (including phenoxy) is 3. The monoisotopic (exact) mass is 497 g/mol. The van der Waals surface area contributed by atoms with E-state index in [4.69, 9.17) is 14.2 Å². The van der Waals surface area contributed by atoms with Crippen LogP contribution >= 0.6 is 0 Å². The molecule has 0 amide bonds. The van der Waals surface area contributed by atoms with Gasteiger partial charge >= 0.3 is 5.92 Å². The lowest BCUT2D eigenvalue weighted by Crippen LogP contribution is -2.35. The van der Waals surface area contributed by atoms with Crippen LogP contribution in [0.25, 0.3) is 0 Å². The van der Waals surface area contributed by atoms with Gasteiger partial charge in [0.05, 0.1) is 12.7 Å². The third kappa shape index (κ3) is 6.81. The first-order chi connectivity index (χ1) is 17.1. The Balaban J connectivity index is 1.24. The van der Waals surface area contributed by atoms with Crippen molar-refractivity contribution < 1.29 is 28.1 Å². The molecule has 0 fully saturated rings. The number of benzene rings is 3. The zero-order valence-electron chi connectivity index (χ0n) is 20.8. The van der Waals surface area contributed by atoms with Crippen LogP contribution in [-0.4, -0.2) is 30.1 Å². The maximum absolute atomic E-state index is 14.3. The van der Waals surface area contributed by atoms with Crippen molar-refractivity contribution in [1.29, 1.82) is 0 Å². The van der Waals surface area contributed by atoms with Crippen molar-refractivity contribution in [3.05, 3.63) is 95.1 Å². The summed E-state index contributed by atoms with van der Waals surface area (Å²) >= 11 is 0. The molecule has 5 nitrogen and oxygen atoms in total. The largest absolute Gasteiger partial charge is 0.487 e. The summed E-state index contributed by atoms with van der Waals surface area (Å²) < 4.78 is 45.5. The maximum atomic E-state index is 14.3. The van der Waals surface area contributed by atoms with Gasteiger partial charge in [0.15, 0.2) is 6.61 Å². The van der Waals surface area contributed by atoms with Crippen LogP contribution in [0.15, 0.2) is 72.8 Å². The number of alkyl halides is 2. The Kier molecular flexibility index (Phi) is 7.93. The number of nitrogens with one attached hydrogen (secondary N) is 1. The normalized spacial score (nSPS) is 16.5. The first-order valence-corrected chi connectivity index (χ1v) is 12.1. The van der Waals surface area contributed by atoms with Crippen molar-refractivity contribution in [2.24, 2.45) is 0 Å². The molecule has 1 heterocycles. The molecule has 192 valence electrons. The van der Waals surface area contributed by atoms with E-state index in [-0.39, 0.29) is 11.6 Å². The number of fused-ring (bicyclic) bond motifs is 1. The fraction of sp³-hybridized carbons (Fsp3) is 0.379. The number of hydrogen-bond donors (Lipinski definition) is 2. The maximum Gasteiger partial charge on any atom is 0.306 e. The van der Waals surface area contributed by atoms with Crippen LogP contribution in [0.3, 0.4) is 0 Å². The van der Waals surface area contributed by atoms with Gasteiger partial charge in [0.1, 0.15) is 11.5 Å². The average Bonchev–Trinajstić information content (AvgIpc) is 2.86. The molecule has 36 heavy (non-hydrogen) atoms. The highest BCUT2D eigenvalue weighted by atomic mass is 19.3. The van der Waals surface area contributed by atoms with Gasteiger partial charge in [-0.2, -0.15) is 8.78 Å². The highest BCUT2D eigenvalue weighted by molar-refractivity contribution is 5.39. The summed E-state index contributed by atoms with van der Waals surface area (Å²) in [6, 6.07) is 20.6. The number of halogens is 2. The Morgan fingerprint density at radius 1 is 1.06 bits per heavy atom. The zero-order chi connectivity index (χ0) is 25.8. The van der Waals surface area contributed by atoms with E-state index in [1.54, 1.807) is 30.3 Å². The quantitative estimate of drug-likeness (QED) is 0.373. The summed E-state index contributed by atoms with van der Waals surface area (Å²) in [5.41, 5.74) is 2.69. The van der Waals surface area contributed by atoms with E-state index in [2.05, 4.69) is 5.32 Å². The minimum Gasteiger partial charge on any atom is -0.487 e. The number of rotatable bonds is 10. The Morgan fingerprint density at radius 3 is 2.50 bits per heavy atom. The highest BCUT2D eigenvalue weighted by Crippen LogP contribution is 2.33. The molecule has 0 bridgehead atoms. The lowest BCUT2D eigenvalue weighted by atomic mass is 10.0. The molecule has 2 unspecified atom stereocenters. The molecular weight excluding hydrogens is 464 g/mol. The molecule has 4 rings (SSSR count). The molecule has 7 heteroatoms. The molecule has 2 atom stereocenters. The topological polar surface area (TPSA) is 60.0 Å². The molecular formula is C29H33F2NO4. The van der Waals surface area contributed by atoms with Crippen LogP contribution < -0.4 is 14.8 Å². The molecule has 3 aromatic rings. The SMILES string of the molecule is CC(Cc1ccc(OCC(F)(F)c2ccccc2)cc1)NCC(O)c1ccc2c(c1)COC(C)(C)O2. The van der Waals surface area contributed by atoms with Gasteiger partial charge in [-0.05, 0) is 48.7 Å². The molecule has 0 aliphatic carbocycles. The molecule has 0 saturated carbocycles. The number of hydrogen-bond acceptors (Lipinski definition) is 5. The standard InChI is InChI=1S/C29H33F2NO4/c1-20(32-17-26(33)22-11-14-27-23(16-22)18-35-28(2,3)36-27)15-21-9-12-25(13-10-21)34-19-29(30,31)24-7-5-4-6-8-24/h4-14,16,20,26,32-33H,15,17-19H2,1-3H3. The molecule has 0 radical (unpaired) electrons. The lowest BCUT2D eigenvalue weighted by Gasteiger charge is -2.33. The molecule has 1 aliphatic rings. The zero-order valence-corrected chi connectivity index (χ0v) is 20.8. The Bertz CT molecular complexity index is 1140. The number of aliphatic hydroxyl groups is 1. The molecule has 0 spiro atoms. The minimum absolute atomic E-state index is 0.0651. The Morgan fingerprint density at radius 2 is 1.78 bits per heavy atom. The summed E-state index contributed by atoms with van der Waals surface area (Å²) in [7, 11) is 0. The Hall–Kier alpha value is -3.00. The first kappa shape index (κ1) is 26.1. The third-order valence-electron chi connectivity index (χ3n) is 6.14. The van der Waals surface area contributed by atoms with Crippen molar-refractivity contribution in [2.45, 2.75) is 57.7 Å². The van der Waals surface area contributed by atoms with Crippen molar-refractivity contribution >= 4 is 0 Å². The summed E-state index contributed by atoms with van der Waals surface area (Å²) in [5.74, 6) is -2.54. The van der Waals surface area contributed by atoms with E-state index < -0.39 is 24.4 Å². The van der Waals surface area contributed by atoms with Gasteiger partial charge in [-0.15, -0.1) is 0 Å². The molecule has 2 N–H and O–H groups in total. The highest BCUT2D eigenvalue weighted by Gasteiger charge is 2.32. The van der Waals surface area contributed by atoms with Crippen LogP contribution in [0.2, 0.25) is 0 Å². The van der Waals surface area contributed by atoms with E-state index in [1.807, 2.05) is 51.1 Å². The molecule has 1 aliphatic heterocycles. The van der Waals surface area contributed by atoms with Crippen LogP contribution in [0.1, 0.15) is 49.1 Å². The summed E-state index contributed by atoms with van der Waals surface area (Å²) in [4.78, 5) is 0. The van der Waals surface area contributed by atoms with Crippen molar-refractivity contribution in [3.63, 3.8) is 0 Å². The van der Waals surface area contributed by atoms with E-state index in [0.29, 0.717) is 25.3 Å². The summed E-state index contributed by atoms with van der Waals surface area (Å²) in [6.07, 6.45) is 0.0449. The lowest BCUT2D eigenvalue weighted by molar-refractivity contribution is -0.180. The summed E-state index contributed by atoms with van der Waals surface area (Å²) in [6.45, 7) is 5.89. The Labute approximate surface area is 211 Å². The fourth-order valence-corrected chi connectivity index (χ4v) is 4.08. The summed E-state index contributed by atoms with van der Waals surface area (Å²) in [5, 5.41) is 14.0. The van der Waals surface area contributed by atoms with Gasteiger partial charge in [-0.25, -0.2) is 0 Å². The van der Waals surface area contributed by atoms with Crippen molar-refractivity contribution in [1.82, 2.24) is 5.32 Å². The minimum atomic E-state index is -3.06. The van der Waals surface area contributed by atoms with Gasteiger partial charge in [-0.1, -0.05) is 48.5 Å². The predicted molar refractivity (Wildman–Crippen MR) is 134 cm³/mol. The van der Waals surface area contributed by atoms with Crippen molar-refractivity contribution in [3.8, 4) is 11.5 Å². The van der Waals surface area contributed by atoms with Gasteiger partial charge in [0.2, 0.25) is 5.79 Å². The molecule has 0 aromatic heterocycles. The van der Waals surface area contributed by atoms with Crippen LogP contribution in [0.4, 0.5) is 8.78 Å². The predicted octanol–water partition coefficient (Wildman–Crippen LogP) is 5.76. The van der Waals surface area contributed by atoms with Gasteiger partial charge in [0, 0.05) is 37.6 Å². The van der Waals surface area contributed by atoms with E-state index >= 15 is 0 Å². The average molecular weight is 498 g/mol. The second kappa shape index (κ2) is 10.9. The van der Waals surface area contributed by atoms with Gasteiger partial charge in [-0.3, -0.25) is 0 Å².